The first-order valence-electron chi connectivity index (χ1n) is 11.8. The van der Waals surface area contributed by atoms with Crippen molar-refractivity contribution in [2.24, 2.45) is 21.8 Å². The third kappa shape index (κ3) is 29.3. The first kappa shape index (κ1) is 35.4. The summed E-state index contributed by atoms with van der Waals surface area (Å²) in [6, 6.07) is 4.05. The van der Waals surface area contributed by atoms with Crippen LogP contribution in [0.3, 0.4) is 0 Å². The summed E-state index contributed by atoms with van der Waals surface area (Å²) in [4.78, 5) is 4.16. The van der Waals surface area contributed by atoms with Gasteiger partial charge in [0.05, 0.1) is 77.8 Å². The fourth-order valence-corrected chi connectivity index (χ4v) is 2.20. The maximum atomic E-state index is 8.33. The van der Waals surface area contributed by atoms with Gasteiger partial charge in [-0.25, -0.2) is 0 Å². The molecule has 0 aromatic carbocycles. The van der Waals surface area contributed by atoms with Crippen molar-refractivity contribution in [1.29, 1.82) is 10.5 Å². The molecule has 0 amide bonds. The number of ether oxygens (including phenoxy) is 4. The fourth-order valence-electron chi connectivity index (χ4n) is 2.20. The summed E-state index contributed by atoms with van der Waals surface area (Å²) in [5, 5.41) is 38.9. The van der Waals surface area contributed by atoms with Crippen LogP contribution < -0.4 is 11.5 Å². The molecule has 0 heterocycles. The summed E-state index contributed by atoms with van der Waals surface area (Å²) < 4.78 is 21.2. The molecule has 0 bridgehead atoms. The van der Waals surface area contributed by atoms with Crippen molar-refractivity contribution in [3.05, 3.63) is 0 Å². The number of nitriles is 2. The van der Waals surface area contributed by atoms with Crippen LogP contribution in [0.25, 0.3) is 0 Å². The Kier molecular flexibility index (Phi) is 28.1. The molecule has 0 aliphatic heterocycles. The molecule has 6 N–H and O–H groups in total. The highest BCUT2D eigenvalue weighted by atomic mass is 16.5. The van der Waals surface area contributed by atoms with Crippen LogP contribution in [0.4, 0.5) is 0 Å². The molecule has 0 atom stereocenters. The van der Waals surface area contributed by atoms with Gasteiger partial charge in [0.25, 0.3) is 0 Å². The Morgan fingerprint density at radius 2 is 0.944 bits per heavy atom. The molecule has 0 fully saturated rings. The van der Waals surface area contributed by atoms with E-state index < -0.39 is 0 Å². The Bertz CT molecular complexity index is 587. The molecule has 14 nitrogen and oxygen atoms in total. The second-order valence-corrected chi connectivity index (χ2v) is 7.55. The number of hydrogen-bond donors (Lipinski definition) is 4. The third-order valence-electron chi connectivity index (χ3n) is 4.45. The van der Waals surface area contributed by atoms with Gasteiger partial charge >= 0.3 is 0 Å². The average molecular weight is 517 g/mol. The van der Waals surface area contributed by atoms with Crippen molar-refractivity contribution in [2.75, 3.05) is 93.1 Å². The van der Waals surface area contributed by atoms with Crippen LogP contribution in [0.15, 0.2) is 10.3 Å². The largest absolute Gasteiger partial charge is 0.409 e. The fraction of sp³-hybridized carbons (Fsp3) is 0.818. The highest BCUT2D eigenvalue weighted by molar-refractivity contribution is 5.79. The van der Waals surface area contributed by atoms with E-state index in [4.69, 9.17) is 51.4 Å². The highest BCUT2D eigenvalue weighted by Crippen LogP contribution is 1.90. The van der Waals surface area contributed by atoms with Gasteiger partial charge in [-0.15, -0.1) is 0 Å². The number of oxime groups is 2. The van der Waals surface area contributed by atoms with Gasteiger partial charge in [-0.2, -0.15) is 10.5 Å². The van der Waals surface area contributed by atoms with E-state index in [0.29, 0.717) is 78.5 Å². The van der Waals surface area contributed by atoms with Gasteiger partial charge in [-0.3, -0.25) is 0 Å². The van der Waals surface area contributed by atoms with Gasteiger partial charge in [0.15, 0.2) is 0 Å². The lowest BCUT2D eigenvalue weighted by Gasteiger charge is -2.16. The van der Waals surface area contributed by atoms with Crippen molar-refractivity contribution in [3.8, 4) is 12.1 Å². The van der Waals surface area contributed by atoms with Gasteiger partial charge in [-0.1, -0.05) is 10.3 Å². The van der Waals surface area contributed by atoms with E-state index in [1.165, 1.54) is 0 Å². The number of likely N-dealkylation sites (N-methyl/N-ethyl adjacent to an activating group) is 2. The molecular weight excluding hydrogens is 472 g/mol. The highest BCUT2D eigenvalue weighted by Gasteiger charge is 2.00. The van der Waals surface area contributed by atoms with E-state index >= 15 is 0 Å². The Balaban J connectivity index is 0. The molecule has 208 valence electrons. The van der Waals surface area contributed by atoms with E-state index in [1.54, 1.807) is 0 Å². The van der Waals surface area contributed by atoms with Crippen LogP contribution in [0, 0.1) is 22.7 Å². The first-order chi connectivity index (χ1) is 17.4. The maximum Gasteiger partial charge on any atom is 0.141 e. The standard InChI is InChI=1S/C11H25N5O4.C11H19N3O2/c1-16(4-8-19-6-2-10(12)14-17)5-9-20-7-3-11(13)15-18;1-14(6-10-15-8-2-4-12)7-11-16-9-3-5-13/h17-18H,2-9H2,1H3,(H2,12,14)(H2,13,15);2-3,6-11H2,1H3. The van der Waals surface area contributed by atoms with E-state index in [9.17, 15) is 0 Å². The summed E-state index contributed by atoms with van der Waals surface area (Å²) in [6.45, 7) is 7.46. The van der Waals surface area contributed by atoms with E-state index in [-0.39, 0.29) is 11.7 Å². The Hall–Kier alpha value is -2.72. The van der Waals surface area contributed by atoms with Crippen molar-refractivity contribution in [1.82, 2.24) is 9.80 Å². The predicted octanol–water partition coefficient (Wildman–Crippen LogP) is 0.00316. The molecule has 0 saturated carbocycles. The monoisotopic (exact) mass is 516 g/mol. The van der Waals surface area contributed by atoms with Gasteiger partial charge in [0, 0.05) is 39.0 Å². The van der Waals surface area contributed by atoms with E-state index in [1.807, 2.05) is 26.2 Å². The van der Waals surface area contributed by atoms with Crippen molar-refractivity contribution < 1.29 is 29.4 Å². The van der Waals surface area contributed by atoms with Crippen molar-refractivity contribution in [3.63, 3.8) is 0 Å². The molecular formula is C22H44N8O6. The number of nitrogens with zero attached hydrogens (tertiary/aromatic N) is 6. The predicted molar refractivity (Wildman–Crippen MR) is 135 cm³/mol. The van der Waals surface area contributed by atoms with E-state index in [2.05, 4.69) is 20.1 Å². The SMILES string of the molecule is CN(CCOCC/C(N)=N/O)CCOCC/C(N)=N\O.CN(CCOCCC#N)CCOCCC#N. The quantitative estimate of drug-likeness (QED) is 0.0493. The molecule has 0 saturated heterocycles. The zero-order valence-corrected chi connectivity index (χ0v) is 21.7. The number of hydrogen-bond acceptors (Lipinski definition) is 12. The van der Waals surface area contributed by atoms with Gasteiger partial charge in [0.1, 0.15) is 11.7 Å². The Labute approximate surface area is 214 Å². The van der Waals surface area contributed by atoms with Crippen LogP contribution in [-0.2, 0) is 18.9 Å². The summed E-state index contributed by atoms with van der Waals surface area (Å²) >= 11 is 0. The first-order valence-corrected chi connectivity index (χ1v) is 11.8. The van der Waals surface area contributed by atoms with Gasteiger partial charge in [0.2, 0.25) is 0 Å². The normalized spacial score (nSPS) is 11.7. The summed E-state index contributed by atoms with van der Waals surface area (Å²) in [5.41, 5.74) is 10.6. The molecule has 0 spiro atoms. The van der Waals surface area contributed by atoms with Crippen LogP contribution in [0.2, 0.25) is 0 Å². The van der Waals surface area contributed by atoms with Crippen LogP contribution in [0.1, 0.15) is 25.7 Å². The van der Waals surface area contributed by atoms with Crippen LogP contribution in [0.5, 0.6) is 0 Å². The summed E-state index contributed by atoms with van der Waals surface area (Å²) in [6.07, 6.45) is 1.72. The van der Waals surface area contributed by atoms with E-state index in [0.717, 1.165) is 26.2 Å². The minimum Gasteiger partial charge on any atom is -0.409 e. The maximum absolute atomic E-state index is 8.33. The number of rotatable bonds is 22. The lowest BCUT2D eigenvalue weighted by atomic mass is 10.4. The minimum absolute atomic E-state index is 0.164. The number of amidine groups is 2. The number of nitrogens with two attached hydrogens (primary N) is 2. The van der Waals surface area contributed by atoms with Crippen molar-refractivity contribution >= 4 is 11.7 Å². The second kappa shape index (κ2) is 28.5. The molecule has 0 aromatic rings. The van der Waals surface area contributed by atoms with Crippen LogP contribution >= 0.6 is 0 Å². The Morgan fingerprint density at radius 3 is 1.22 bits per heavy atom. The van der Waals surface area contributed by atoms with Crippen LogP contribution in [-0.4, -0.2) is 125 Å². The lowest BCUT2D eigenvalue weighted by Crippen LogP contribution is -2.28. The minimum atomic E-state index is 0.164. The molecule has 0 unspecified atom stereocenters. The molecule has 14 heteroatoms. The molecule has 0 radical (unpaired) electrons. The smallest absolute Gasteiger partial charge is 0.141 e. The zero-order valence-electron chi connectivity index (χ0n) is 21.7. The topological polar surface area (TPSA) is 208 Å². The summed E-state index contributed by atoms with van der Waals surface area (Å²) in [7, 11) is 3.95. The van der Waals surface area contributed by atoms with Crippen molar-refractivity contribution in [2.45, 2.75) is 25.7 Å². The Morgan fingerprint density at radius 1 is 0.639 bits per heavy atom. The molecule has 0 aliphatic rings. The summed E-state index contributed by atoms with van der Waals surface area (Å²) in [5.74, 6) is 0.329. The van der Waals surface area contributed by atoms with Gasteiger partial charge < -0.3 is 50.6 Å². The molecule has 0 rings (SSSR count). The molecule has 0 aliphatic carbocycles. The average Bonchev–Trinajstić information content (AvgIpc) is 2.88. The third-order valence-corrected chi connectivity index (χ3v) is 4.45. The second-order valence-electron chi connectivity index (χ2n) is 7.55. The molecule has 0 aromatic heterocycles. The molecule has 36 heavy (non-hydrogen) atoms. The zero-order chi connectivity index (χ0) is 27.3. The van der Waals surface area contributed by atoms with Gasteiger partial charge in [-0.05, 0) is 14.1 Å². The lowest BCUT2D eigenvalue weighted by molar-refractivity contribution is 0.0879.